The minimum absolute atomic E-state index is 0.0185. The molecule has 1 aromatic heterocycles. The average molecular weight is 371 g/mol. The Labute approximate surface area is 158 Å². The van der Waals surface area contributed by atoms with Crippen molar-refractivity contribution < 1.29 is 9.72 Å². The van der Waals surface area contributed by atoms with Gasteiger partial charge in [-0.25, -0.2) is 4.68 Å². The van der Waals surface area contributed by atoms with Gasteiger partial charge in [0, 0.05) is 30.9 Å². The van der Waals surface area contributed by atoms with Gasteiger partial charge in [0.2, 0.25) is 0 Å². The summed E-state index contributed by atoms with van der Waals surface area (Å²) in [6.07, 6.45) is 4.08. The summed E-state index contributed by atoms with van der Waals surface area (Å²) in [7, 11) is 0. The molecular weight excluding hydrogens is 346 g/mol. The second kappa shape index (κ2) is 8.30. The molecule has 1 fully saturated rings. The van der Waals surface area contributed by atoms with E-state index in [1.165, 1.54) is 29.7 Å². The molecule has 1 aromatic carbocycles. The van der Waals surface area contributed by atoms with Gasteiger partial charge in [0.15, 0.2) is 5.69 Å². The maximum absolute atomic E-state index is 12.4. The minimum Gasteiger partial charge on any atom is -0.349 e. The Bertz CT molecular complexity index is 794. The first-order chi connectivity index (χ1) is 12.9. The molecule has 3 rings (SSSR count). The molecule has 1 aliphatic heterocycles. The molecule has 27 heavy (non-hydrogen) atoms. The number of amides is 1. The number of non-ortho nitro benzene ring substituents is 1. The van der Waals surface area contributed by atoms with Gasteiger partial charge in [-0.05, 0) is 57.0 Å². The number of nitrogens with one attached hydrogen (secondary N) is 1. The summed E-state index contributed by atoms with van der Waals surface area (Å²) < 4.78 is 1.54. The monoisotopic (exact) mass is 371 g/mol. The summed E-state index contributed by atoms with van der Waals surface area (Å²) in [4.78, 5) is 25.1. The van der Waals surface area contributed by atoms with Gasteiger partial charge in [0.05, 0.1) is 10.6 Å². The van der Waals surface area contributed by atoms with Crippen molar-refractivity contribution in [3.63, 3.8) is 0 Å². The van der Waals surface area contributed by atoms with Crippen LogP contribution < -0.4 is 5.32 Å². The predicted molar refractivity (Wildman–Crippen MR) is 102 cm³/mol. The Hall–Kier alpha value is -2.74. The number of carbonyl (C=O) groups excluding carboxylic acids is 1. The standard InChI is InChI=1S/C19H25N5O3/c1-14-7-10-22(11-8-14)15(2)13-20-19(25)18-9-12-23(21-18)16-3-5-17(6-4-16)24(26)27/h3-6,9,12,14-15H,7-8,10-11,13H2,1-2H3,(H,20,25). The van der Waals surface area contributed by atoms with Crippen LogP contribution in [0.15, 0.2) is 36.5 Å². The molecule has 144 valence electrons. The quantitative estimate of drug-likeness (QED) is 0.622. The van der Waals surface area contributed by atoms with Crippen LogP contribution in [0, 0.1) is 16.0 Å². The van der Waals surface area contributed by atoms with Crippen LogP contribution in [0.4, 0.5) is 5.69 Å². The summed E-state index contributed by atoms with van der Waals surface area (Å²) in [5.41, 5.74) is 1.01. The molecule has 1 aliphatic rings. The van der Waals surface area contributed by atoms with E-state index in [1.54, 1.807) is 24.4 Å². The number of nitrogens with zero attached hydrogens (tertiary/aromatic N) is 4. The fraction of sp³-hybridized carbons (Fsp3) is 0.474. The van der Waals surface area contributed by atoms with Crippen molar-refractivity contribution in [1.29, 1.82) is 0 Å². The van der Waals surface area contributed by atoms with Crippen LogP contribution in [0.2, 0.25) is 0 Å². The summed E-state index contributed by atoms with van der Waals surface area (Å²) in [5.74, 6) is 0.569. The number of aromatic nitrogens is 2. The first kappa shape index (κ1) is 19.0. The zero-order valence-electron chi connectivity index (χ0n) is 15.7. The minimum atomic E-state index is -0.449. The van der Waals surface area contributed by atoms with Crippen LogP contribution in [0.1, 0.15) is 37.2 Å². The number of rotatable bonds is 6. The van der Waals surface area contributed by atoms with Gasteiger partial charge in [-0.1, -0.05) is 6.92 Å². The lowest BCUT2D eigenvalue weighted by Crippen LogP contribution is -2.45. The largest absolute Gasteiger partial charge is 0.349 e. The maximum atomic E-state index is 12.4. The molecule has 1 amide bonds. The normalized spacial score (nSPS) is 16.8. The van der Waals surface area contributed by atoms with Gasteiger partial charge in [-0.15, -0.1) is 0 Å². The van der Waals surface area contributed by atoms with E-state index in [2.05, 4.69) is 29.2 Å². The number of carbonyl (C=O) groups is 1. The number of nitro benzene ring substituents is 1. The van der Waals surface area contributed by atoms with Crippen LogP contribution in [-0.2, 0) is 0 Å². The molecule has 0 aliphatic carbocycles. The Morgan fingerprint density at radius 1 is 1.30 bits per heavy atom. The highest BCUT2D eigenvalue weighted by molar-refractivity contribution is 5.92. The predicted octanol–water partition coefficient (Wildman–Crippen LogP) is 2.63. The van der Waals surface area contributed by atoms with Crippen molar-refractivity contribution >= 4 is 11.6 Å². The van der Waals surface area contributed by atoms with E-state index in [1.807, 2.05) is 0 Å². The molecule has 0 bridgehead atoms. The van der Waals surface area contributed by atoms with Crippen molar-refractivity contribution in [2.45, 2.75) is 32.7 Å². The SMILES string of the molecule is CC1CCN(C(C)CNC(=O)c2ccn(-c3ccc([N+](=O)[O-])cc3)n2)CC1. The third-order valence-electron chi connectivity index (χ3n) is 5.15. The number of likely N-dealkylation sites (tertiary alicyclic amines) is 1. The molecule has 1 N–H and O–H groups in total. The lowest BCUT2D eigenvalue weighted by Gasteiger charge is -2.34. The van der Waals surface area contributed by atoms with Gasteiger partial charge in [-0.2, -0.15) is 5.10 Å². The molecule has 1 saturated heterocycles. The highest BCUT2D eigenvalue weighted by Crippen LogP contribution is 2.18. The van der Waals surface area contributed by atoms with E-state index >= 15 is 0 Å². The molecule has 8 heteroatoms. The number of hydrogen-bond acceptors (Lipinski definition) is 5. The van der Waals surface area contributed by atoms with E-state index < -0.39 is 4.92 Å². The lowest BCUT2D eigenvalue weighted by molar-refractivity contribution is -0.384. The molecule has 0 saturated carbocycles. The van der Waals surface area contributed by atoms with Gasteiger partial charge in [0.25, 0.3) is 11.6 Å². The average Bonchev–Trinajstić information content (AvgIpc) is 3.17. The molecule has 1 atom stereocenters. The Morgan fingerprint density at radius 2 is 1.96 bits per heavy atom. The Morgan fingerprint density at radius 3 is 2.59 bits per heavy atom. The van der Waals surface area contributed by atoms with Crippen molar-refractivity contribution in [1.82, 2.24) is 20.0 Å². The third kappa shape index (κ3) is 4.71. The van der Waals surface area contributed by atoms with Crippen molar-refractivity contribution in [3.8, 4) is 5.69 Å². The maximum Gasteiger partial charge on any atom is 0.271 e. The summed E-state index contributed by atoms with van der Waals surface area (Å²) >= 11 is 0. The van der Waals surface area contributed by atoms with Crippen LogP contribution in [0.25, 0.3) is 5.69 Å². The number of piperidine rings is 1. The van der Waals surface area contributed by atoms with E-state index in [0.29, 0.717) is 24.0 Å². The van der Waals surface area contributed by atoms with Gasteiger partial charge >= 0.3 is 0 Å². The Kier molecular flexibility index (Phi) is 5.85. The summed E-state index contributed by atoms with van der Waals surface area (Å²) in [6, 6.07) is 7.97. The van der Waals surface area contributed by atoms with Crippen molar-refractivity contribution in [3.05, 3.63) is 52.3 Å². The van der Waals surface area contributed by atoms with E-state index in [0.717, 1.165) is 19.0 Å². The van der Waals surface area contributed by atoms with Crippen molar-refractivity contribution in [2.75, 3.05) is 19.6 Å². The first-order valence-corrected chi connectivity index (χ1v) is 9.27. The van der Waals surface area contributed by atoms with Crippen molar-refractivity contribution in [2.24, 2.45) is 5.92 Å². The number of nitro groups is 1. The molecule has 1 unspecified atom stereocenters. The van der Waals surface area contributed by atoms with Gasteiger partial charge in [0.1, 0.15) is 0 Å². The van der Waals surface area contributed by atoms with Crippen LogP contribution in [0.5, 0.6) is 0 Å². The van der Waals surface area contributed by atoms with Gasteiger partial charge < -0.3 is 5.32 Å². The first-order valence-electron chi connectivity index (χ1n) is 9.27. The number of benzene rings is 1. The molecule has 0 radical (unpaired) electrons. The summed E-state index contributed by atoms with van der Waals surface area (Å²) in [6.45, 7) is 7.15. The molecule has 0 spiro atoms. The smallest absolute Gasteiger partial charge is 0.271 e. The third-order valence-corrected chi connectivity index (χ3v) is 5.15. The van der Waals surface area contributed by atoms with Crippen LogP contribution >= 0.6 is 0 Å². The molecule has 2 heterocycles. The van der Waals surface area contributed by atoms with Gasteiger partial charge in [-0.3, -0.25) is 19.8 Å². The van der Waals surface area contributed by atoms with Crippen LogP contribution in [0.3, 0.4) is 0 Å². The highest BCUT2D eigenvalue weighted by Gasteiger charge is 2.21. The fourth-order valence-electron chi connectivity index (χ4n) is 3.25. The van der Waals surface area contributed by atoms with Crippen LogP contribution in [-0.4, -0.2) is 51.2 Å². The molecular formula is C19H25N5O3. The number of hydrogen-bond donors (Lipinski definition) is 1. The zero-order valence-corrected chi connectivity index (χ0v) is 15.7. The lowest BCUT2D eigenvalue weighted by atomic mass is 9.98. The zero-order chi connectivity index (χ0) is 19.4. The fourth-order valence-corrected chi connectivity index (χ4v) is 3.25. The highest BCUT2D eigenvalue weighted by atomic mass is 16.6. The second-order valence-electron chi connectivity index (χ2n) is 7.20. The van der Waals surface area contributed by atoms with E-state index in [-0.39, 0.29) is 11.6 Å². The molecule has 8 nitrogen and oxygen atoms in total. The van der Waals surface area contributed by atoms with E-state index in [4.69, 9.17) is 0 Å². The Balaban J connectivity index is 1.56. The molecule has 2 aromatic rings. The van der Waals surface area contributed by atoms with E-state index in [9.17, 15) is 14.9 Å². The second-order valence-corrected chi connectivity index (χ2v) is 7.20. The topological polar surface area (TPSA) is 93.3 Å². The summed E-state index contributed by atoms with van der Waals surface area (Å²) in [5, 5.41) is 18.0.